The number of hydrogen-bond acceptors (Lipinski definition) is 4. The van der Waals surface area contributed by atoms with Crippen LogP contribution in [0.2, 0.25) is 0 Å². The number of carboxylic acid groups (broad SMARTS) is 1. The number of hydrogen-bond donors (Lipinski definition) is 3. The number of aliphatic hydroxyl groups is 1. The molecule has 0 aliphatic heterocycles. The quantitative estimate of drug-likeness (QED) is 0.567. The Balaban J connectivity index is 3.58. The minimum Gasteiger partial charge on any atom is -0.480 e. The Bertz CT molecular complexity index is 219. The largest absolute Gasteiger partial charge is 0.480 e. The molecule has 0 aromatic rings. The maximum atomic E-state index is 10.7. The number of aliphatic hydroxyl groups excluding tert-OH is 1. The molecule has 0 rings (SSSR count). The van der Waals surface area contributed by atoms with Crippen molar-refractivity contribution >= 4 is 17.7 Å². The second-order valence-corrected chi connectivity index (χ2v) is 5.98. The van der Waals surface area contributed by atoms with Gasteiger partial charge < -0.3 is 15.9 Å². The molecule has 0 saturated heterocycles. The van der Waals surface area contributed by atoms with Gasteiger partial charge in [0.25, 0.3) is 0 Å². The standard InChI is InChI=1S/C11H23NO3S/c1-8(13)9(2)16-7-5-4-6-11(3,12)10(14)15/h8-9,13H,4-7,12H2,1-3H3,(H,14,15). The van der Waals surface area contributed by atoms with E-state index in [1.165, 1.54) is 0 Å². The normalized spacial score (nSPS) is 18.8. The van der Waals surface area contributed by atoms with E-state index in [4.69, 9.17) is 10.8 Å². The molecule has 0 bridgehead atoms. The van der Waals surface area contributed by atoms with Gasteiger partial charge in [-0.15, -0.1) is 0 Å². The molecule has 4 N–H and O–H groups in total. The van der Waals surface area contributed by atoms with Crippen LogP contribution in [-0.4, -0.2) is 38.8 Å². The molecule has 0 heterocycles. The van der Waals surface area contributed by atoms with E-state index in [-0.39, 0.29) is 11.4 Å². The Kier molecular flexibility index (Phi) is 7.03. The van der Waals surface area contributed by atoms with Gasteiger partial charge in [0.2, 0.25) is 0 Å². The van der Waals surface area contributed by atoms with Crippen LogP contribution < -0.4 is 5.73 Å². The first-order valence-electron chi connectivity index (χ1n) is 5.59. The fourth-order valence-corrected chi connectivity index (χ4v) is 2.13. The van der Waals surface area contributed by atoms with E-state index in [1.54, 1.807) is 25.6 Å². The summed E-state index contributed by atoms with van der Waals surface area (Å²) in [5, 5.41) is 18.3. The van der Waals surface area contributed by atoms with Gasteiger partial charge in [-0.05, 0) is 32.4 Å². The summed E-state index contributed by atoms with van der Waals surface area (Å²) in [5.41, 5.74) is 4.49. The molecule has 0 radical (unpaired) electrons. The predicted molar refractivity (Wildman–Crippen MR) is 67.7 cm³/mol. The minimum atomic E-state index is -1.11. The number of aliphatic carboxylic acids is 1. The summed E-state index contributed by atoms with van der Waals surface area (Å²) < 4.78 is 0. The Morgan fingerprint density at radius 3 is 2.44 bits per heavy atom. The molecule has 0 aromatic carbocycles. The van der Waals surface area contributed by atoms with E-state index in [9.17, 15) is 9.90 Å². The highest BCUT2D eigenvalue weighted by atomic mass is 32.2. The number of carbonyl (C=O) groups is 1. The lowest BCUT2D eigenvalue weighted by atomic mass is 9.97. The zero-order chi connectivity index (χ0) is 12.8. The van der Waals surface area contributed by atoms with Gasteiger partial charge in [0.1, 0.15) is 5.54 Å². The molecule has 16 heavy (non-hydrogen) atoms. The topological polar surface area (TPSA) is 83.5 Å². The summed E-state index contributed by atoms with van der Waals surface area (Å²) in [6.07, 6.45) is 1.93. The zero-order valence-corrected chi connectivity index (χ0v) is 11.1. The first-order valence-corrected chi connectivity index (χ1v) is 6.64. The molecular formula is C11H23NO3S. The van der Waals surface area contributed by atoms with Gasteiger partial charge in [-0.1, -0.05) is 13.3 Å². The van der Waals surface area contributed by atoms with Crippen molar-refractivity contribution < 1.29 is 15.0 Å². The lowest BCUT2D eigenvalue weighted by molar-refractivity contribution is -0.142. The van der Waals surface area contributed by atoms with Crippen molar-refractivity contribution in [3.63, 3.8) is 0 Å². The molecule has 5 heteroatoms. The third kappa shape index (κ3) is 6.35. The molecule has 0 aliphatic carbocycles. The van der Waals surface area contributed by atoms with Crippen LogP contribution in [0.15, 0.2) is 0 Å². The highest BCUT2D eigenvalue weighted by Crippen LogP contribution is 2.18. The average molecular weight is 249 g/mol. The monoisotopic (exact) mass is 249 g/mol. The van der Waals surface area contributed by atoms with Gasteiger partial charge in [-0.2, -0.15) is 11.8 Å². The van der Waals surface area contributed by atoms with E-state index < -0.39 is 11.5 Å². The third-order valence-electron chi connectivity index (χ3n) is 2.64. The van der Waals surface area contributed by atoms with Gasteiger partial charge in [-0.25, -0.2) is 0 Å². The fraction of sp³-hybridized carbons (Fsp3) is 0.909. The Morgan fingerprint density at radius 2 is 2.00 bits per heavy atom. The van der Waals surface area contributed by atoms with Gasteiger partial charge in [0.05, 0.1) is 6.10 Å². The van der Waals surface area contributed by atoms with Crippen molar-refractivity contribution in [2.45, 2.75) is 56.9 Å². The van der Waals surface area contributed by atoms with E-state index in [1.807, 2.05) is 6.92 Å². The van der Waals surface area contributed by atoms with Crippen molar-refractivity contribution in [2.24, 2.45) is 5.73 Å². The first-order chi connectivity index (χ1) is 7.27. The summed E-state index contributed by atoms with van der Waals surface area (Å²) in [6, 6.07) is 0. The van der Waals surface area contributed by atoms with E-state index in [0.717, 1.165) is 18.6 Å². The van der Waals surface area contributed by atoms with Crippen LogP contribution in [0, 0.1) is 0 Å². The number of rotatable bonds is 8. The highest BCUT2D eigenvalue weighted by molar-refractivity contribution is 7.99. The first kappa shape index (κ1) is 15.7. The second-order valence-electron chi connectivity index (χ2n) is 4.50. The number of nitrogens with two attached hydrogens (primary N) is 1. The Hall–Kier alpha value is -0.260. The summed E-state index contributed by atoms with van der Waals surface area (Å²) in [5.74, 6) is -0.0145. The maximum absolute atomic E-state index is 10.7. The van der Waals surface area contributed by atoms with Gasteiger partial charge in [0, 0.05) is 5.25 Å². The SMILES string of the molecule is CC(O)C(C)SCCCCC(C)(N)C(=O)O. The summed E-state index contributed by atoms with van der Waals surface area (Å²) >= 11 is 1.71. The average Bonchev–Trinajstić information content (AvgIpc) is 2.16. The molecule has 96 valence electrons. The van der Waals surface area contributed by atoms with Crippen LogP contribution in [0.5, 0.6) is 0 Å². The molecule has 3 atom stereocenters. The van der Waals surface area contributed by atoms with E-state index >= 15 is 0 Å². The molecule has 4 nitrogen and oxygen atoms in total. The van der Waals surface area contributed by atoms with Crippen molar-refractivity contribution in [1.82, 2.24) is 0 Å². The summed E-state index contributed by atoms with van der Waals surface area (Å²) in [4.78, 5) is 10.7. The molecule has 0 spiro atoms. The van der Waals surface area contributed by atoms with Crippen molar-refractivity contribution in [1.29, 1.82) is 0 Å². The van der Waals surface area contributed by atoms with Gasteiger partial charge >= 0.3 is 5.97 Å². The van der Waals surface area contributed by atoms with Crippen molar-refractivity contribution in [2.75, 3.05) is 5.75 Å². The highest BCUT2D eigenvalue weighted by Gasteiger charge is 2.26. The van der Waals surface area contributed by atoms with Crippen LogP contribution in [0.3, 0.4) is 0 Å². The molecule has 0 aliphatic rings. The van der Waals surface area contributed by atoms with Crippen molar-refractivity contribution in [3.8, 4) is 0 Å². The van der Waals surface area contributed by atoms with Gasteiger partial charge in [0.15, 0.2) is 0 Å². The molecule has 0 amide bonds. The third-order valence-corrected chi connectivity index (χ3v) is 4.08. The lowest BCUT2D eigenvalue weighted by Crippen LogP contribution is -2.44. The fourth-order valence-electron chi connectivity index (χ4n) is 1.11. The zero-order valence-electron chi connectivity index (χ0n) is 10.3. The molecule has 0 aromatic heterocycles. The van der Waals surface area contributed by atoms with Crippen LogP contribution >= 0.6 is 11.8 Å². The smallest absolute Gasteiger partial charge is 0.323 e. The number of thioether (sulfide) groups is 1. The van der Waals surface area contributed by atoms with Crippen LogP contribution in [-0.2, 0) is 4.79 Å². The van der Waals surface area contributed by atoms with E-state index in [2.05, 4.69) is 0 Å². The molecule has 0 fully saturated rings. The maximum Gasteiger partial charge on any atom is 0.323 e. The lowest BCUT2D eigenvalue weighted by Gasteiger charge is -2.19. The Labute approximate surface area is 102 Å². The summed E-state index contributed by atoms with van der Waals surface area (Å²) in [6.45, 7) is 5.31. The molecular weight excluding hydrogens is 226 g/mol. The molecule has 0 saturated carbocycles. The number of unbranched alkanes of at least 4 members (excludes halogenated alkanes) is 1. The minimum absolute atomic E-state index is 0.226. The van der Waals surface area contributed by atoms with Gasteiger partial charge in [-0.3, -0.25) is 4.79 Å². The predicted octanol–water partition coefficient (Wildman–Crippen LogP) is 1.46. The number of carboxylic acids is 1. The second kappa shape index (κ2) is 7.14. The van der Waals surface area contributed by atoms with Crippen LogP contribution in [0.25, 0.3) is 0 Å². The van der Waals surface area contributed by atoms with Crippen LogP contribution in [0.1, 0.15) is 40.0 Å². The van der Waals surface area contributed by atoms with E-state index in [0.29, 0.717) is 6.42 Å². The van der Waals surface area contributed by atoms with Crippen molar-refractivity contribution in [3.05, 3.63) is 0 Å². The molecule has 3 unspecified atom stereocenters. The summed E-state index contributed by atoms with van der Waals surface area (Å²) in [7, 11) is 0. The van der Waals surface area contributed by atoms with Crippen LogP contribution in [0.4, 0.5) is 0 Å². The Morgan fingerprint density at radius 1 is 1.44 bits per heavy atom.